The highest BCUT2D eigenvalue weighted by Gasteiger charge is 2.43. The highest BCUT2D eigenvalue weighted by molar-refractivity contribution is 6.22. The highest BCUT2D eigenvalue weighted by atomic mass is 16.1. The minimum atomic E-state index is 0.00546. The maximum Gasteiger partial charge on any atom is 0.227 e. The number of ketones is 2. The summed E-state index contributed by atoms with van der Waals surface area (Å²) in [5, 5.41) is 0. The topological polar surface area (TPSA) is 69.2 Å². The number of rotatable bonds is 8. The SMILES string of the molecule is CCCCCCCN.O=C1C=C(N2CC2)C(=O)C(N2CC2)=C1N1CC1. The summed E-state index contributed by atoms with van der Waals surface area (Å²) in [7, 11) is 0. The molecule has 0 aromatic rings. The molecule has 3 fully saturated rings. The van der Waals surface area contributed by atoms with Crippen LogP contribution in [-0.4, -0.2) is 72.1 Å². The third-order valence-electron chi connectivity index (χ3n) is 4.80. The third-order valence-corrected chi connectivity index (χ3v) is 4.80. The number of allylic oxidation sites excluding steroid dienone is 1. The molecule has 3 aliphatic heterocycles. The van der Waals surface area contributed by atoms with Crippen LogP contribution in [-0.2, 0) is 9.59 Å². The van der Waals surface area contributed by atoms with Crippen molar-refractivity contribution in [3.8, 4) is 0 Å². The van der Waals surface area contributed by atoms with Gasteiger partial charge < -0.3 is 20.4 Å². The molecule has 0 unspecified atom stereocenters. The molecule has 0 aromatic heterocycles. The number of nitrogens with zero attached hydrogens (tertiary/aromatic N) is 3. The quantitative estimate of drug-likeness (QED) is 0.403. The average molecular weight is 346 g/mol. The fourth-order valence-corrected chi connectivity index (χ4v) is 3.02. The summed E-state index contributed by atoms with van der Waals surface area (Å²) in [4.78, 5) is 30.5. The number of nitrogens with two attached hydrogens (primary N) is 1. The maximum atomic E-state index is 12.4. The first kappa shape index (κ1) is 18.0. The van der Waals surface area contributed by atoms with E-state index in [0.717, 1.165) is 45.8 Å². The molecule has 1 aliphatic carbocycles. The first-order valence-electron chi connectivity index (χ1n) is 9.67. The predicted molar refractivity (Wildman–Crippen MR) is 97.7 cm³/mol. The van der Waals surface area contributed by atoms with E-state index in [0.29, 0.717) is 17.1 Å². The van der Waals surface area contributed by atoms with Crippen LogP contribution in [0.5, 0.6) is 0 Å². The van der Waals surface area contributed by atoms with Gasteiger partial charge in [-0.15, -0.1) is 0 Å². The zero-order chi connectivity index (χ0) is 17.8. The van der Waals surface area contributed by atoms with Crippen molar-refractivity contribution in [3.63, 3.8) is 0 Å². The molecule has 0 spiro atoms. The Kier molecular flexibility index (Phi) is 5.78. The van der Waals surface area contributed by atoms with E-state index >= 15 is 0 Å². The second kappa shape index (κ2) is 8.04. The number of hydrogen-bond donors (Lipinski definition) is 1. The van der Waals surface area contributed by atoms with Gasteiger partial charge in [-0.05, 0) is 13.0 Å². The van der Waals surface area contributed by atoms with Gasteiger partial charge in [0.2, 0.25) is 11.6 Å². The van der Waals surface area contributed by atoms with Gasteiger partial charge >= 0.3 is 0 Å². The summed E-state index contributed by atoms with van der Waals surface area (Å²) in [6.07, 6.45) is 8.12. The predicted octanol–water partition coefficient (Wildman–Crippen LogP) is 1.10. The Morgan fingerprint density at radius 2 is 1.40 bits per heavy atom. The van der Waals surface area contributed by atoms with Gasteiger partial charge in [-0.3, -0.25) is 9.59 Å². The zero-order valence-corrected chi connectivity index (χ0v) is 15.3. The zero-order valence-electron chi connectivity index (χ0n) is 15.3. The Bertz CT molecular complexity index is 578. The van der Waals surface area contributed by atoms with Crippen LogP contribution in [0.2, 0.25) is 0 Å². The van der Waals surface area contributed by atoms with Gasteiger partial charge in [0.25, 0.3) is 0 Å². The van der Waals surface area contributed by atoms with Crippen LogP contribution < -0.4 is 5.73 Å². The summed E-state index contributed by atoms with van der Waals surface area (Å²) in [5.74, 6) is 0.0485. The Morgan fingerprint density at radius 1 is 0.840 bits per heavy atom. The second-order valence-corrected chi connectivity index (χ2v) is 7.08. The molecule has 4 aliphatic rings. The Morgan fingerprint density at radius 3 is 1.92 bits per heavy atom. The van der Waals surface area contributed by atoms with E-state index in [9.17, 15) is 9.59 Å². The highest BCUT2D eigenvalue weighted by Crippen LogP contribution is 2.33. The van der Waals surface area contributed by atoms with Crippen molar-refractivity contribution in [2.75, 3.05) is 45.8 Å². The lowest BCUT2D eigenvalue weighted by molar-refractivity contribution is -0.117. The van der Waals surface area contributed by atoms with Crippen LogP contribution in [0.25, 0.3) is 0 Å². The molecule has 4 rings (SSSR count). The smallest absolute Gasteiger partial charge is 0.227 e. The lowest BCUT2D eigenvalue weighted by Crippen LogP contribution is -2.29. The minimum Gasteiger partial charge on any atom is -0.365 e. The lowest BCUT2D eigenvalue weighted by Gasteiger charge is -2.21. The van der Waals surface area contributed by atoms with E-state index in [4.69, 9.17) is 5.73 Å². The summed E-state index contributed by atoms with van der Waals surface area (Å²) in [5.41, 5.74) is 7.20. The molecule has 6 heteroatoms. The standard InChI is InChI=1S/C12H13N3O2.C7H17N/c16-9-7-8(13-1-2-13)12(17)11(15-5-6-15)10(9)14-3-4-14;1-2-3-4-5-6-7-8/h7H,1-6H2;2-8H2,1H3. The number of carbonyl (C=O) groups is 2. The van der Waals surface area contributed by atoms with Gasteiger partial charge in [0.15, 0.2) is 0 Å². The minimum absolute atomic E-state index is 0.00546. The first-order valence-corrected chi connectivity index (χ1v) is 9.67. The average Bonchev–Trinajstić information content (AvgIpc) is 3.47. The molecule has 0 saturated carbocycles. The lowest BCUT2D eigenvalue weighted by atomic mass is 10.0. The number of Topliss-reactive ketones (excluding diaryl/α,β-unsaturated/α-hetero) is 1. The molecule has 3 saturated heterocycles. The van der Waals surface area contributed by atoms with Gasteiger partial charge in [-0.2, -0.15) is 0 Å². The van der Waals surface area contributed by atoms with Gasteiger partial charge in [0.1, 0.15) is 11.4 Å². The van der Waals surface area contributed by atoms with Crippen molar-refractivity contribution in [2.45, 2.75) is 39.0 Å². The molecule has 3 heterocycles. The van der Waals surface area contributed by atoms with Gasteiger partial charge in [0.05, 0.1) is 5.70 Å². The van der Waals surface area contributed by atoms with Crippen molar-refractivity contribution in [1.82, 2.24) is 14.7 Å². The molecular formula is C19H30N4O2. The maximum absolute atomic E-state index is 12.4. The molecule has 138 valence electrons. The van der Waals surface area contributed by atoms with Crippen molar-refractivity contribution in [2.24, 2.45) is 5.73 Å². The monoisotopic (exact) mass is 346 g/mol. The van der Waals surface area contributed by atoms with Crippen molar-refractivity contribution in [3.05, 3.63) is 23.2 Å². The normalized spacial score (nSPS) is 21.2. The number of unbranched alkanes of at least 4 members (excludes halogenated alkanes) is 4. The van der Waals surface area contributed by atoms with E-state index in [1.807, 2.05) is 14.7 Å². The molecule has 0 atom stereocenters. The summed E-state index contributed by atoms with van der Waals surface area (Å²) in [6, 6.07) is 0. The molecular weight excluding hydrogens is 316 g/mol. The summed E-state index contributed by atoms with van der Waals surface area (Å²) < 4.78 is 0. The molecule has 0 bridgehead atoms. The Labute approximate surface area is 150 Å². The fraction of sp³-hybridized carbons (Fsp3) is 0.684. The third kappa shape index (κ3) is 4.63. The van der Waals surface area contributed by atoms with E-state index in [2.05, 4.69) is 6.92 Å². The van der Waals surface area contributed by atoms with E-state index in [-0.39, 0.29) is 11.6 Å². The second-order valence-electron chi connectivity index (χ2n) is 7.08. The Hall–Kier alpha value is -1.82. The van der Waals surface area contributed by atoms with Crippen LogP contribution in [0.3, 0.4) is 0 Å². The summed E-state index contributed by atoms with van der Waals surface area (Å²) >= 11 is 0. The fourth-order valence-electron chi connectivity index (χ4n) is 3.02. The number of hydrogen-bond acceptors (Lipinski definition) is 6. The van der Waals surface area contributed by atoms with E-state index in [1.165, 1.54) is 38.2 Å². The van der Waals surface area contributed by atoms with Crippen LogP contribution in [0.15, 0.2) is 23.2 Å². The first-order chi connectivity index (χ1) is 12.2. The molecule has 6 nitrogen and oxygen atoms in total. The molecule has 25 heavy (non-hydrogen) atoms. The molecule has 0 radical (unpaired) electrons. The Balaban J connectivity index is 0.000000197. The molecule has 2 N–H and O–H groups in total. The largest absolute Gasteiger partial charge is 0.365 e. The number of carbonyl (C=O) groups excluding carboxylic acids is 2. The molecule has 0 aromatic carbocycles. The van der Waals surface area contributed by atoms with Crippen molar-refractivity contribution >= 4 is 11.6 Å². The van der Waals surface area contributed by atoms with Crippen LogP contribution in [0.4, 0.5) is 0 Å². The van der Waals surface area contributed by atoms with Gasteiger partial charge in [0, 0.05) is 45.3 Å². The van der Waals surface area contributed by atoms with Gasteiger partial charge in [-0.1, -0.05) is 32.6 Å². The van der Waals surface area contributed by atoms with Crippen LogP contribution in [0, 0.1) is 0 Å². The van der Waals surface area contributed by atoms with Crippen LogP contribution >= 0.6 is 0 Å². The van der Waals surface area contributed by atoms with Crippen molar-refractivity contribution in [1.29, 1.82) is 0 Å². The molecule has 0 amide bonds. The van der Waals surface area contributed by atoms with Gasteiger partial charge in [-0.25, -0.2) is 0 Å². The van der Waals surface area contributed by atoms with Crippen molar-refractivity contribution < 1.29 is 9.59 Å². The van der Waals surface area contributed by atoms with Crippen LogP contribution in [0.1, 0.15) is 39.0 Å². The van der Waals surface area contributed by atoms with E-state index < -0.39 is 0 Å². The van der Waals surface area contributed by atoms with E-state index in [1.54, 1.807) is 0 Å². The summed E-state index contributed by atoms with van der Waals surface area (Å²) in [6.45, 7) is 8.50.